The first kappa shape index (κ1) is 23.8. The molecule has 0 amide bonds. The third kappa shape index (κ3) is 43.2. The van der Waals surface area contributed by atoms with Gasteiger partial charge < -0.3 is 36.6 Å². The molecule has 4 heteroatoms. The van der Waals surface area contributed by atoms with Crippen molar-refractivity contribution in [2.45, 2.75) is 45.6 Å². The van der Waals surface area contributed by atoms with Gasteiger partial charge in [0.1, 0.15) is 0 Å². The van der Waals surface area contributed by atoms with Gasteiger partial charge in [0.05, 0.1) is 0 Å². The van der Waals surface area contributed by atoms with Gasteiger partial charge in [0.25, 0.3) is 0 Å². The molecule has 0 fully saturated rings. The summed E-state index contributed by atoms with van der Waals surface area (Å²) in [7, 11) is 0. The van der Waals surface area contributed by atoms with Crippen molar-refractivity contribution in [3.8, 4) is 0 Å². The van der Waals surface area contributed by atoms with Crippen molar-refractivity contribution >= 4 is 0 Å². The molecule has 0 aromatic rings. The van der Waals surface area contributed by atoms with E-state index in [9.17, 15) is 0 Å². The minimum Gasteiger partial charge on any atom is -1.00 e. The van der Waals surface area contributed by atoms with E-state index in [-0.39, 0.29) is 56.6 Å². The fourth-order valence-corrected chi connectivity index (χ4v) is 0.510. The molecule has 13 heavy (non-hydrogen) atoms. The molecule has 1 aliphatic rings. The second-order valence-electron chi connectivity index (χ2n) is 3.55. The van der Waals surface area contributed by atoms with Gasteiger partial charge in [0.15, 0.2) is 0 Å². The average Bonchev–Trinajstić information content (AvgIpc) is 2.07. The van der Waals surface area contributed by atoms with Crippen molar-refractivity contribution in [3.63, 3.8) is 0 Å². The topological polar surface area (TPSA) is 23.8 Å². The van der Waals surface area contributed by atoms with Crippen molar-refractivity contribution in [1.82, 2.24) is 0 Å². The Hall–Kier alpha value is 1.16. The molecule has 0 spiro atoms. The Morgan fingerprint density at radius 3 is 1.69 bits per heavy atom. The van der Waals surface area contributed by atoms with E-state index >= 15 is 0 Å². The molecule has 0 bridgehead atoms. The van der Waals surface area contributed by atoms with Crippen LogP contribution in [0, 0.1) is 6.08 Å². The van der Waals surface area contributed by atoms with Crippen LogP contribution in [0.25, 0.3) is 5.73 Å². The average molecular weight is 301 g/mol. The summed E-state index contributed by atoms with van der Waals surface area (Å²) in [4.78, 5) is 0. The van der Waals surface area contributed by atoms with Crippen molar-refractivity contribution in [1.29, 1.82) is 0 Å². The van der Waals surface area contributed by atoms with E-state index in [1.165, 1.54) is 19.3 Å². The third-order valence-corrected chi connectivity index (χ3v) is 0.814. The van der Waals surface area contributed by atoms with Crippen molar-refractivity contribution in [3.05, 3.63) is 17.9 Å². The Balaban J connectivity index is -0.0000000506. The molecule has 0 aromatic carbocycles. The standard InChI is InChI=1S/C5H7.C4H10N.2ClH.Zr/c1-2-4-5-3-1;1-4(2,3)5;;;/h1H,2,4-5H2;5H,1-3H3;2*1H;/q2*-1;;;+4/p-2. The zero-order valence-corrected chi connectivity index (χ0v) is 12.4. The number of hydrogen-bond acceptors (Lipinski definition) is 0. The molecular weight excluding hydrogens is 284 g/mol. The first-order chi connectivity index (χ1) is 4.50. The van der Waals surface area contributed by atoms with Crippen LogP contribution in [0.3, 0.4) is 0 Å². The molecule has 0 radical (unpaired) electrons. The van der Waals surface area contributed by atoms with Crippen LogP contribution in [0.5, 0.6) is 0 Å². The van der Waals surface area contributed by atoms with Crippen LogP contribution < -0.4 is 24.8 Å². The molecule has 1 N–H and O–H groups in total. The molecule has 0 aliphatic heterocycles. The quantitative estimate of drug-likeness (QED) is 0.437. The van der Waals surface area contributed by atoms with Crippen LogP contribution in [0.4, 0.5) is 0 Å². The fourth-order valence-electron chi connectivity index (χ4n) is 0.510. The Kier molecular flexibility index (Phi) is 24.1. The molecule has 1 rings (SSSR count). The first-order valence-electron chi connectivity index (χ1n) is 3.80. The molecule has 0 unspecified atom stereocenters. The van der Waals surface area contributed by atoms with Gasteiger partial charge in [-0.25, -0.2) is 0 Å². The summed E-state index contributed by atoms with van der Waals surface area (Å²) in [5, 5.41) is 0. The Morgan fingerprint density at radius 2 is 1.62 bits per heavy atom. The summed E-state index contributed by atoms with van der Waals surface area (Å²) in [6.45, 7) is 5.56. The van der Waals surface area contributed by atoms with Gasteiger partial charge in [-0.3, -0.25) is 6.08 Å². The van der Waals surface area contributed by atoms with E-state index in [0.29, 0.717) is 0 Å². The van der Waals surface area contributed by atoms with E-state index in [2.05, 4.69) is 12.2 Å². The summed E-state index contributed by atoms with van der Waals surface area (Å²) in [6.07, 6.45) is 9.00. The summed E-state index contributed by atoms with van der Waals surface area (Å²) in [5.74, 6) is 0. The number of allylic oxidation sites excluding steroid dienone is 2. The molecule has 76 valence electrons. The van der Waals surface area contributed by atoms with Gasteiger partial charge in [-0.05, 0) is 0 Å². The van der Waals surface area contributed by atoms with E-state index in [1.807, 2.05) is 20.8 Å². The predicted octanol–water partition coefficient (Wildman–Crippen LogP) is -2.63. The number of rotatable bonds is 0. The van der Waals surface area contributed by atoms with Gasteiger partial charge in [-0.1, -0.05) is 33.6 Å². The molecule has 0 saturated carbocycles. The Morgan fingerprint density at radius 1 is 1.23 bits per heavy atom. The van der Waals surface area contributed by atoms with Gasteiger partial charge in [0.2, 0.25) is 0 Å². The molecule has 0 aromatic heterocycles. The molecule has 0 saturated heterocycles. The summed E-state index contributed by atoms with van der Waals surface area (Å²) < 4.78 is 0. The minimum absolute atomic E-state index is 0. The second-order valence-corrected chi connectivity index (χ2v) is 3.55. The van der Waals surface area contributed by atoms with Crippen LogP contribution in [0.1, 0.15) is 40.0 Å². The number of halogens is 2. The van der Waals surface area contributed by atoms with Crippen molar-refractivity contribution < 1.29 is 51.0 Å². The predicted molar refractivity (Wildman–Crippen MR) is 45.7 cm³/mol. The van der Waals surface area contributed by atoms with Crippen LogP contribution in [0.15, 0.2) is 6.08 Å². The first-order valence-corrected chi connectivity index (χ1v) is 3.80. The zero-order chi connectivity index (χ0) is 8.04. The van der Waals surface area contributed by atoms with Crippen molar-refractivity contribution in [2.75, 3.05) is 0 Å². The van der Waals surface area contributed by atoms with Gasteiger partial charge in [0, 0.05) is 0 Å². The fraction of sp³-hybridized carbons (Fsp3) is 0.778. The molecular formula is C9H17Cl2NZr. The van der Waals surface area contributed by atoms with Gasteiger partial charge >= 0.3 is 26.2 Å². The van der Waals surface area contributed by atoms with Gasteiger partial charge in [-0.2, -0.15) is 6.42 Å². The van der Waals surface area contributed by atoms with Crippen LogP contribution in [-0.2, 0) is 26.2 Å². The summed E-state index contributed by atoms with van der Waals surface area (Å²) >= 11 is 0. The molecule has 0 atom stereocenters. The van der Waals surface area contributed by atoms with Crippen LogP contribution >= 0.6 is 0 Å². The third-order valence-electron chi connectivity index (χ3n) is 0.814. The normalized spacial score (nSPS) is 12.6. The van der Waals surface area contributed by atoms with E-state index < -0.39 is 0 Å². The SMILES string of the molecule is CC(C)(C)[NH-].[C-]1=CCCC1.[Cl-].[Cl-].[Zr+4]. The Bertz CT molecular complexity index is 98.7. The van der Waals surface area contributed by atoms with E-state index in [1.54, 1.807) is 0 Å². The zero-order valence-electron chi connectivity index (χ0n) is 8.45. The largest absolute Gasteiger partial charge is 4.00 e. The number of hydrogen-bond donors (Lipinski definition) is 0. The van der Waals surface area contributed by atoms with Gasteiger partial charge in [-0.15, -0.1) is 5.54 Å². The second kappa shape index (κ2) is 13.2. The monoisotopic (exact) mass is 299 g/mol. The maximum atomic E-state index is 6.94. The summed E-state index contributed by atoms with van der Waals surface area (Å²) in [6, 6.07) is 0. The minimum atomic E-state index is -0.250. The van der Waals surface area contributed by atoms with E-state index in [4.69, 9.17) is 5.73 Å². The maximum Gasteiger partial charge on any atom is 4.00 e. The summed E-state index contributed by atoms with van der Waals surface area (Å²) in [5.41, 5.74) is 6.69. The maximum absolute atomic E-state index is 6.94. The van der Waals surface area contributed by atoms with E-state index in [0.717, 1.165) is 0 Å². The smallest absolute Gasteiger partial charge is 1.00 e. The van der Waals surface area contributed by atoms with Crippen LogP contribution in [-0.4, -0.2) is 5.54 Å². The molecule has 1 aliphatic carbocycles. The molecule has 0 heterocycles. The molecule has 1 nitrogen and oxygen atoms in total. The van der Waals surface area contributed by atoms with Crippen LogP contribution in [0.2, 0.25) is 0 Å². The number of nitrogens with one attached hydrogen (secondary N) is 1. The Labute approximate surface area is 114 Å². The van der Waals surface area contributed by atoms with Crippen molar-refractivity contribution in [2.24, 2.45) is 0 Å².